The third kappa shape index (κ3) is 4.88. The van der Waals surface area contributed by atoms with Gasteiger partial charge >= 0.3 is 5.97 Å². The highest BCUT2D eigenvalue weighted by molar-refractivity contribution is 9.09. The SMILES string of the molecule is CCOC(=O)C(OCCCBr)c1ccccc1. The van der Waals surface area contributed by atoms with E-state index in [9.17, 15) is 4.79 Å². The highest BCUT2D eigenvalue weighted by Crippen LogP contribution is 2.19. The van der Waals surface area contributed by atoms with Crippen LogP contribution < -0.4 is 0 Å². The Morgan fingerprint density at radius 3 is 2.65 bits per heavy atom. The lowest BCUT2D eigenvalue weighted by Gasteiger charge is -2.16. The topological polar surface area (TPSA) is 35.5 Å². The molecule has 0 heterocycles. The van der Waals surface area contributed by atoms with E-state index in [4.69, 9.17) is 9.47 Å². The fraction of sp³-hybridized carbons (Fsp3) is 0.462. The van der Waals surface area contributed by atoms with E-state index in [2.05, 4.69) is 15.9 Å². The zero-order valence-corrected chi connectivity index (χ0v) is 11.5. The molecule has 0 saturated heterocycles. The fourth-order valence-electron chi connectivity index (χ4n) is 1.40. The van der Waals surface area contributed by atoms with Gasteiger partial charge in [0.2, 0.25) is 0 Å². The maximum absolute atomic E-state index is 11.8. The number of benzene rings is 1. The van der Waals surface area contributed by atoms with Crippen LogP contribution in [-0.2, 0) is 14.3 Å². The second kappa shape index (κ2) is 8.25. The average molecular weight is 301 g/mol. The van der Waals surface area contributed by atoms with E-state index < -0.39 is 6.10 Å². The summed E-state index contributed by atoms with van der Waals surface area (Å²) >= 11 is 3.33. The molecule has 0 amide bonds. The summed E-state index contributed by atoms with van der Waals surface area (Å²) < 4.78 is 10.6. The van der Waals surface area contributed by atoms with Crippen LogP contribution in [0.3, 0.4) is 0 Å². The first kappa shape index (κ1) is 14.2. The summed E-state index contributed by atoms with van der Waals surface area (Å²) in [6.07, 6.45) is 0.248. The van der Waals surface area contributed by atoms with Crippen molar-refractivity contribution in [3.8, 4) is 0 Å². The van der Waals surface area contributed by atoms with Gasteiger partial charge in [-0.3, -0.25) is 0 Å². The van der Waals surface area contributed by atoms with Crippen molar-refractivity contribution in [3.05, 3.63) is 35.9 Å². The van der Waals surface area contributed by atoms with Gasteiger partial charge in [0.25, 0.3) is 0 Å². The van der Waals surface area contributed by atoms with Crippen LogP contribution in [0.1, 0.15) is 25.0 Å². The Morgan fingerprint density at radius 2 is 2.06 bits per heavy atom. The number of hydrogen-bond acceptors (Lipinski definition) is 3. The highest BCUT2D eigenvalue weighted by atomic mass is 79.9. The largest absolute Gasteiger partial charge is 0.464 e. The molecule has 3 nitrogen and oxygen atoms in total. The molecule has 1 aromatic carbocycles. The van der Waals surface area contributed by atoms with Crippen LogP contribution >= 0.6 is 15.9 Å². The Morgan fingerprint density at radius 1 is 1.35 bits per heavy atom. The number of ether oxygens (including phenoxy) is 2. The summed E-state index contributed by atoms with van der Waals surface area (Å²) in [6.45, 7) is 2.69. The van der Waals surface area contributed by atoms with Crippen molar-refractivity contribution < 1.29 is 14.3 Å². The van der Waals surface area contributed by atoms with E-state index in [1.54, 1.807) is 6.92 Å². The summed E-state index contributed by atoms with van der Waals surface area (Å²) in [4.78, 5) is 11.8. The quantitative estimate of drug-likeness (QED) is 0.441. The van der Waals surface area contributed by atoms with Crippen molar-refractivity contribution in [2.45, 2.75) is 19.4 Å². The third-order valence-electron chi connectivity index (χ3n) is 2.17. The van der Waals surface area contributed by atoms with Crippen LogP contribution in [0.25, 0.3) is 0 Å². The number of esters is 1. The highest BCUT2D eigenvalue weighted by Gasteiger charge is 2.22. The van der Waals surface area contributed by atoms with Crippen molar-refractivity contribution in [2.24, 2.45) is 0 Å². The number of hydrogen-bond donors (Lipinski definition) is 0. The summed E-state index contributed by atoms with van der Waals surface area (Å²) in [5.74, 6) is -0.326. The van der Waals surface area contributed by atoms with Gasteiger partial charge in [0.05, 0.1) is 6.61 Å². The van der Waals surface area contributed by atoms with E-state index >= 15 is 0 Å². The van der Waals surface area contributed by atoms with Gasteiger partial charge in [-0.25, -0.2) is 4.79 Å². The van der Waals surface area contributed by atoms with Gasteiger partial charge in [-0.15, -0.1) is 0 Å². The number of carbonyl (C=O) groups is 1. The minimum Gasteiger partial charge on any atom is -0.464 e. The van der Waals surface area contributed by atoms with Crippen molar-refractivity contribution in [2.75, 3.05) is 18.5 Å². The van der Waals surface area contributed by atoms with E-state index in [1.807, 2.05) is 30.3 Å². The Labute approximate surface area is 110 Å². The lowest BCUT2D eigenvalue weighted by molar-refractivity contribution is -0.157. The third-order valence-corrected chi connectivity index (χ3v) is 2.73. The van der Waals surface area contributed by atoms with Gasteiger partial charge < -0.3 is 9.47 Å². The molecule has 1 unspecified atom stereocenters. The number of halogens is 1. The second-order valence-corrected chi connectivity index (χ2v) is 4.25. The molecule has 0 aromatic heterocycles. The molecule has 0 saturated carbocycles. The monoisotopic (exact) mass is 300 g/mol. The first-order chi connectivity index (χ1) is 8.29. The Balaban J connectivity index is 2.68. The molecule has 4 heteroatoms. The van der Waals surface area contributed by atoms with E-state index in [-0.39, 0.29) is 5.97 Å². The lowest BCUT2D eigenvalue weighted by atomic mass is 10.1. The first-order valence-corrected chi connectivity index (χ1v) is 6.81. The first-order valence-electron chi connectivity index (χ1n) is 5.68. The fourth-order valence-corrected chi connectivity index (χ4v) is 1.63. The van der Waals surface area contributed by atoms with Crippen LogP contribution in [0.15, 0.2) is 30.3 Å². The molecule has 1 aromatic rings. The molecule has 0 bridgehead atoms. The van der Waals surface area contributed by atoms with E-state index in [0.29, 0.717) is 13.2 Å². The van der Waals surface area contributed by atoms with Gasteiger partial charge in [0.15, 0.2) is 6.10 Å². The summed E-state index contributed by atoms with van der Waals surface area (Å²) in [7, 11) is 0. The van der Waals surface area contributed by atoms with Crippen LogP contribution in [0.5, 0.6) is 0 Å². The predicted molar refractivity (Wildman–Crippen MR) is 70.2 cm³/mol. The van der Waals surface area contributed by atoms with E-state index in [1.165, 1.54) is 0 Å². The molecule has 0 radical (unpaired) electrons. The van der Waals surface area contributed by atoms with Gasteiger partial charge in [0, 0.05) is 11.9 Å². The Kier molecular flexibility index (Phi) is 6.89. The smallest absolute Gasteiger partial charge is 0.339 e. The van der Waals surface area contributed by atoms with Crippen molar-refractivity contribution in [1.29, 1.82) is 0 Å². The summed E-state index contributed by atoms with van der Waals surface area (Å²) in [5.41, 5.74) is 0.834. The molecule has 17 heavy (non-hydrogen) atoms. The van der Waals surface area contributed by atoms with Crippen LogP contribution in [-0.4, -0.2) is 24.5 Å². The standard InChI is InChI=1S/C13H17BrO3/c1-2-16-13(15)12(17-10-6-9-14)11-7-4-3-5-8-11/h3-5,7-8,12H,2,6,9-10H2,1H3. The lowest BCUT2D eigenvalue weighted by Crippen LogP contribution is -2.19. The summed E-state index contributed by atoms with van der Waals surface area (Å²) in [5, 5.41) is 0.858. The maximum Gasteiger partial charge on any atom is 0.339 e. The summed E-state index contributed by atoms with van der Waals surface area (Å²) in [6, 6.07) is 9.42. The van der Waals surface area contributed by atoms with Gasteiger partial charge in [-0.1, -0.05) is 46.3 Å². The molecule has 0 N–H and O–H groups in total. The molecule has 0 aliphatic rings. The number of rotatable bonds is 7. The van der Waals surface area contributed by atoms with Crippen LogP contribution in [0.4, 0.5) is 0 Å². The minimum atomic E-state index is -0.616. The van der Waals surface area contributed by atoms with Crippen LogP contribution in [0.2, 0.25) is 0 Å². The molecular weight excluding hydrogens is 284 g/mol. The van der Waals surface area contributed by atoms with Crippen molar-refractivity contribution >= 4 is 21.9 Å². The van der Waals surface area contributed by atoms with Crippen molar-refractivity contribution in [1.82, 2.24) is 0 Å². The molecule has 0 aliphatic carbocycles. The normalized spacial score (nSPS) is 12.1. The average Bonchev–Trinajstić information content (AvgIpc) is 2.36. The maximum atomic E-state index is 11.8. The molecule has 0 spiro atoms. The zero-order valence-electron chi connectivity index (χ0n) is 9.90. The number of carbonyl (C=O) groups excluding carboxylic acids is 1. The predicted octanol–water partition coefficient (Wildman–Crippen LogP) is 3.09. The van der Waals surface area contributed by atoms with Crippen LogP contribution in [0, 0.1) is 0 Å². The Bertz CT molecular complexity index is 327. The molecule has 94 valence electrons. The van der Waals surface area contributed by atoms with Gasteiger partial charge in [-0.2, -0.15) is 0 Å². The molecule has 1 rings (SSSR count). The molecule has 0 fully saturated rings. The van der Waals surface area contributed by atoms with Crippen molar-refractivity contribution in [3.63, 3.8) is 0 Å². The molecular formula is C13H17BrO3. The van der Waals surface area contributed by atoms with Gasteiger partial charge in [0.1, 0.15) is 0 Å². The second-order valence-electron chi connectivity index (χ2n) is 3.46. The number of alkyl halides is 1. The van der Waals surface area contributed by atoms with Gasteiger partial charge in [-0.05, 0) is 18.9 Å². The molecule has 0 aliphatic heterocycles. The molecule has 1 atom stereocenters. The van der Waals surface area contributed by atoms with E-state index in [0.717, 1.165) is 17.3 Å². The zero-order chi connectivity index (χ0) is 12.5. The Hall–Kier alpha value is -0.870. The minimum absolute atomic E-state index is 0.326.